The largest absolute Gasteiger partial charge is 0.444 e. The quantitative estimate of drug-likeness (QED) is 0.446. The molecule has 9 nitrogen and oxygen atoms in total. The van der Waals surface area contributed by atoms with E-state index in [4.69, 9.17) is 9.47 Å². The summed E-state index contributed by atoms with van der Waals surface area (Å²) in [6.07, 6.45) is -3.56. The normalized spacial score (nSPS) is 21.7. The lowest BCUT2D eigenvalue weighted by Gasteiger charge is -2.30. The summed E-state index contributed by atoms with van der Waals surface area (Å²) in [5.41, 5.74) is 2.42. The summed E-state index contributed by atoms with van der Waals surface area (Å²) in [4.78, 5) is 39.6. The lowest BCUT2D eigenvalue weighted by atomic mass is 10.00. The molecule has 2 aliphatic heterocycles. The van der Waals surface area contributed by atoms with Crippen LogP contribution in [-0.4, -0.2) is 77.9 Å². The van der Waals surface area contributed by atoms with Crippen molar-refractivity contribution in [2.24, 2.45) is 0 Å². The smallest absolute Gasteiger partial charge is 0.407 e. The van der Waals surface area contributed by atoms with Crippen LogP contribution in [0.15, 0.2) is 54.6 Å². The van der Waals surface area contributed by atoms with Gasteiger partial charge in [0.05, 0.1) is 25.8 Å². The number of rotatable bonds is 9. The minimum Gasteiger partial charge on any atom is -0.444 e. The highest BCUT2D eigenvalue weighted by molar-refractivity contribution is 5.90. The molecule has 0 unspecified atom stereocenters. The second-order valence-corrected chi connectivity index (χ2v) is 9.96. The fourth-order valence-electron chi connectivity index (χ4n) is 4.79. The van der Waals surface area contributed by atoms with E-state index in [2.05, 4.69) is 10.6 Å². The van der Waals surface area contributed by atoms with Crippen LogP contribution in [0.4, 0.5) is 13.6 Å². The van der Waals surface area contributed by atoms with Crippen LogP contribution in [0.1, 0.15) is 29.5 Å². The number of alkyl halides is 2. The number of aryl methyl sites for hydroxylation is 1. The van der Waals surface area contributed by atoms with E-state index < -0.39 is 61.1 Å². The van der Waals surface area contributed by atoms with Crippen molar-refractivity contribution in [2.75, 3.05) is 19.8 Å². The Labute approximate surface area is 225 Å². The maximum Gasteiger partial charge on any atom is 0.407 e. The number of carbonyl (C=O) groups excluding carboxylic acids is 3. The van der Waals surface area contributed by atoms with E-state index in [0.29, 0.717) is 23.5 Å². The van der Waals surface area contributed by atoms with Gasteiger partial charge in [-0.2, -0.15) is 0 Å². The first-order chi connectivity index (χ1) is 18.6. The van der Waals surface area contributed by atoms with Crippen LogP contribution in [0.2, 0.25) is 0 Å². The highest BCUT2D eigenvalue weighted by Gasteiger charge is 2.51. The maximum atomic E-state index is 14.5. The molecule has 2 aliphatic rings. The Morgan fingerprint density at radius 1 is 1.15 bits per heavy atom. The van der Waals surface area contributed by atoms with Gasteiger partial charge in [0.25, 0.3) is 11.8 Å². The Kier molecular flexibility index (Phi) is 9.13. The molecule has 2 saturated heterocycles. The number of hydrogen-bond acceptors (Lipinski definition) is 6. The first-order valence-corrected chi connectivity index (χ1v) is 12.9. The van der Waals surface area contributed by atoms with Gasteiger partial charge in [0.15, 0.2) is 6.10 Å². The zero-order valence-electron chi connectivity index (χ0n) is 21.6. The van der Waals surface area contributed by atoms with Crippen LogP contribution in [0.3, 0.4) is 0 Å². The zero-order chi connectivity index (χ0) is 28.0. The Morgan fingerprint density at radius 2 is 1.87 bits per heavy atom. The van der Waals surface area contributed by atoms with Crippen molar-refractivity contribution in [1.82, 2.24) is 15.5 Å². The molecule has 3 amide bonds. The Hall–Kier alpha value is -3.57. The second-order valence-electron chi connectivity index (χ2n) is 9.96. The van der Waals surface area contributed by atoms with Gasteiger partial charge in [-0.15, -0.1) is 0 Å². The van der Waals surface area contributed by atoms with Gasteiger partial charge in [-0.1, -0.05) is 54.6 Å². The number of likely N-dealkylation sites (tertiary alicyclic amines) is 1. The molecule has 3 N–H and O–H groups in total. The highest BCUT2D eigenvalue weighted by atomic mass is 19.3. The lowest BCUT2D eigenvalue weighted by Crippen LogP contribution is -2.56. The van der Waals surface area contributed by atoms with Gasteiger partial charge < -0.3 is 30.1 Å². The minimum absolute atomic E-state index is 0.0262. The van der Waals surface area contributed by atoms with Crippen LogP contribution >= 0.6 is 0 Å². The van der Waals surface area contributed by atoms with Gasteiger partial charge in [-0.25, -0.2) is 13.6 Å². The first-order valence-electron chi connectivity index (χ1n) is 12.9. The number of hydrogen-bond donors (Lipinski definition) is 3. The number of carbonyl (C=O) groups is 3. The molecule has 4 rings (SSSR count). The number of nitrogens with zero attached hydrogens (tertiary/aromatic N) is 1. The van der Waals surface area contributed by atoms with Crippen molar-refractivity contribution in [3.63, 3.8) is 0 Å². The van der Waals surface area contributed by atoms with Crippen molar-refractivity contribution in [3.05, 3.63) is 71.3 Å². The van der Waals surface area contributed by atoms with Crippen LogP contribution in [0.5, 0.6) is 0 Å². The molecule has 0 spiro atoms. The first kappa shape index (κ1) is 28.4. The third-order valence-corrected chi connectivity index (χ3v) is 6.97. The fraction of sp³-hybridized carbons (Fsp3) is 0.464. The third-order valence-electron chi connectivity index (χ3n) is 6.97. The zero-order valence-corrected chi connectivity index (χ0v) is 21.6. The predicted molar refractivity (Wildman–Crippen MR) is 137 cm³/mol. The van der Waals surface area contributed by atoms with Crippen molar-refractivity contribution in [1.29, 1.82) is 0 Å². The number of benzene rings is 2. The number of halogens is 2. The monoisotopic (exact) mass is 545 g/mol. The Balaban J connectivity index is 1.48. The standard InChI is InChI=1S/C28H33F2N3O6/c1-18-7-5-6-10-20(18)15-31-25(35)23-14-28(29,30)17-33(23)26(36)24(34)22(13-19-8-3-2-4-9-19)32-27(37)39-21-11-12-38-16-21/h2-10,21-24,34H,11-17H2,1H3,(H,31,35)(H,32,37)/t21-,22-,23-,24-/m0/s1. The molecule has 0 saturated carbocycles. The van der Waals surface area contributed by atoms with E-state index in [-0.39, 0.29) is 19.6 Å². The number of aliphatic hydroxyl groups is 1. The van der Waals surface area contributed by atoms with Crippen molar-refractivity contribution in [3.8, 4) is 0 Å². The summed E-state index contributed by atoms with van der Waals surface area (Å²) in [5.74, 6) is -5.14. The van der Waals surface area contributed by atoms with E-state index in [1.807, 2.05) is 25.1 Å². The predicted octanol–water partition coefficient (Wildman–Crippen LogP) is 2.33. The molecular weight excluding hydrogens is 512 g/mol. The second kappa shape index (κ2) is 12.5. The van der Waals surface area contributed by atoms with Crippen LogP contribution < -0.4 is 10.6 Å². The third kappa shape index (κ3) is 7.51. The van der Waals surface area contributed by atoms with E-state index in [1.165, 1.54) is 0 Å². The minimum atomic E-state index is -3.32. The van der Waals surface area contributed by atoms with E-state index in [9.17, 15) is 28.3 Å². The number of aliphatic hydroxyl groups excluding tert-OH is 1. The SMILES string of the molecule is Cc1ccccc1CNC(=O)[C@@H]1CC(F)(F)CN1C(=O)[C@@H](O)[C@H](Cc1ccccc1)NC(=O)O[C@H]1CCOC1. The summed E-state index contributed by atoms with van der Waals surface area (Å²) in [7, 11) is 0. The van der Waals surface area contributed by atoms with Gasteiger partial charge >= 0.3 is 6.09 Å². The molecule has 0 aromatic heterocycles. The van der Waals surface area contributed by atoms with E-state index in [1.54, 1.807) is 36.4 Å². The summed E-state index contributed by atoms with van der Waals surface area (Å²) in [5, 5.41) is 16.2. The van der Waals surface area contributed by atoms with Gasteiger partial charge in [-0.05, 0) is 30.0 Å². The topological polar surface area (TPSA) is 117 Å². The number of nitrogens with one attached hydrogen (secondary N) is 2. The number of alkyl carbamates (subject to hydrolysis) is 1. The van der Waals surface area contributed by atoms with Crippen molar-refractivity contribution >= 4 is 17.9 Å². The molecule has 11 heteroatoms. The fourth-order valence-corrected chi connectivity index (χ4v) is 4.79. The van der Waals surface area contributed by atoms with E-state index in [0.717, 1.165) is 11.1 Å². The van der Waals surface area contributed by atoms with Crippen molar-refractivity contribution in [2.45, 2.75) is 62.9 Å². The summed E-state index contributed by atoms with van der Waals surface area (Å²) < 4.78 is 39.5. The van der Waals surface area contributed by atoms with Gasteiger partial charge in [0, 0.05) is 19.4 Å². The molecule has 0 radical (unpaired) electrons. The molecule has 210 valence electrons. The average molecular weight is 546 g/mol. The molecule has 2 aromatic rings. The molecule has 0 aliphatic carbocycles. The maximum absolute atomic E-state index is 14.5. The molecule has 4 atom stereocenters. The average Bonchev–Trinajstić information content (AvgIpc) is 3.54. The van der Waals surface area contributed by atoms with Crippen molar-refractivity contribution < 1.29 is 37.7 Å². The summed E-state index contributed by atoms with van der Waals surface area (Å²) in [6.45, 7) is 1.63. The number of ether oxygens (including phenoxy) is 2. The van der Waals surface area contributed by atoms with E-state index >= 15 is 0 Å². The molecule has 2 aromatic carbocycles. The molecule has 2 fully saturated rings. The highest BCUT2D eigenvalue weighted by Crippen LogP contribution is 2.33. The molecule has 0 bridgehead atoms. The van der Waals surface area contributed by atoms with Crippen LogP contribution in [0, 0.1) is 6.92 Å². The Morgan fingerprint density at radius 3 is 2.56 bits per heavy atom. The lowest BCUT2D eigenvalue weighted by molar-refractivity contribution is -0.147. The number of amides is 3. The van der Waals surface area contributed by atoms with Gasteiger partial charge in [0.1, 0.15) is 12.1 Å². The molecule has 2 heterocycles. The summed E-state index contributed by atoms with van der Waals surface area (Å²) in [6, 6.07) is 13.4. The van der Waals surface area contributed by atoms with Gasteiger partial charge in [0.2, 0.25) is 5.91 Å². The molecule has 39 heavy (non-hydrogen) atoms. The van der Waals surface area contributed by atoms with Crippen LogP contribution in [0.25, 0.3) is 0 Å². The summed E-state index contributed by atoms with van der Waals surface area (Å²) >= 11 is 0. The van der Waals surface area contributed by atoms with Gasteiger partial charge in [-0.3, -0.25) is 9.59 Å². The Bertz CT molecular complexity index is 1160. The molecular formula is C28H33F2N3O6. The van der Waals surface area contributed by atoms with Crippen LogP contribution in [-0.2, 0) is 32.0 Å².